The third-order valence-electron chi connectivity index (χ3n) is 4.29. The zero-order valence-electron chi connectivity index (χ0n) is 13.6. The number of nitrogens with one attached hydrogen (secondary N) is 1. The summed E-state index contributed by atoms with van der Waals surface area (Å²) in [4.78, 5) is 29.0. The summed E-state index contributed by atoms with van der Waals surface area (Å²) in [7, 11) is 3.13. The fourth-order valence-electron chi connectivity index (χ4n) is 2.93. The lowest BCUT2D eigenvalue weighted by Gasteiger charge is -2.13. The van der Waals surface area contributed by atoms with Gasteiger partial charge in [-0.15, -0.1) is 0 Å². The van der Waals surface area contributed by atoms with Gasteiger partial charge in [0.1, 0.15) is 0 Å². The monoisotopic (exact) mass is 343 g/mol. The molecule has 1 aliphatic heterocycles. The highest BCUT2D eigenvalue weighted by Crippen LogP contribution is 2.34. The number of fused-ring (bicyclic) bond motifs is 3. The Bertz CT molecular complexity index is 1060. The maximum atomic E-state index is 12.5. The number of anilines is 1. The van der Waals surface area contributed by atoms with Crippen LogP contribution in [-0.4, -0.2) is 24.1 Å². The zero-order chi connectivity index (χ0) is 17.0. The number of thioether (sulfide) groups is 1. The molecule has 0 saturated carbocycles. The molecule has 0 bridgehead atoms. The van der Waals surface area contributed by atoms with E-state index in [0.29, 0.717) is 17.7 Å². The van der Waals surface area contributed by atoms with Gasteiger partial charge in [0.25, 0.3) is 5.56 Å². The molecule has 0 saturated heterocycles. The van der Waals surface area contributed by atoms with Crippen LogP contribution in [0.5, 0.6) is 0 Å². The molecule has 0 aliphatic carbocycles. The normalized spacial score (nSPS) is 16.5. The summed E-state index contributed by atoms with van der Waals surface area (Å²) in [6.45, 7) is 2.67. The second-order valence-corrected chi connectivity index (χ2v) is 7.17. The van der Waals surface area contributed by atoms with E-state index in [-0.39, 0.29) is 16.6 Å². The van der Waals surface area contributed by atoms with Crippen LogP contribution < -0.4 is 16.6 Å². The standard InChI is InChI=1S/C16H17N5O2S/c1-9-4-6-10(7-5-9)17-11-8-21-12-13(18-15(21)24-11)19(2)16(23)20(3)14(12)22/h4-7,11,17H,8H2,1-3H3. The molecular formula is C16H17N5O2S. The van der Waals surface area contributed by atoms with Crippen molar-refractivity contribution in [1.29, 1.82) is 0 Å². The molecule has 4 rings (SSSR count). The minimum Gasteiger partial charge on any atom is -0.371 e. The van der Waals surface area contributed by atoms with E-state index in [2.05, 4.69) is 29.4 Å². The summed E-state index contributed by atoms with van der Waals surface area (Å²) in [6, 6.07) is 8.19. The van der Waals surface area contributed by atoms with Gasteiger partial charge in [-0.05, 0) is 19.1 Å². The van der Waals surface area contributed by atoms with Crippen LogP contribution in [-0.2, 0) is 20.6 Å². The van der Waals surface area contributed by atoms with E-state index in [1.807, 2.05) is 16.7 Å². The maximum Gasteiger partial charge on any atom is 0.332 e. The summed E-state index contributed by atoms with van der Waals surface area (Å²) in [5, 5.41) is 4.31. The van der Waals surface area contributed by atoms with Crippen LogP contribution in [0.25, 0.3) is 11.2 Å². The second-order valence-electron chi connectivity index (χ2n) is 6.00. The molecule has 1 unspecified atom stereocenters. The van der Waals surface area contributed by atoms with Gasteiger partial charge in [-0.25, -0.2) is 9.78 Å². The average Bonchev–Trinajstić information content (AvgIpc) is 3.10. The van der Waals surface area contributed by atoms with E-state index < -0.39 is 0 Å². The van der Waals surface area contributed by atoms with E-state index in [9.17, 15) is 9.59 Å². The van der Waals surface area contributed by atoms with Crippen molar-refractivity contribution in [1.82, 2.24) is 18.7 Å². The number of hydrogen-bond donors (Lipinski definition) is 1. The predicted molar refractivity (Wildman–Crippen MR) is 94.7 cm³/mol. The number of hydrogen-bond acceptors (Lipinski definition) is 5. The first-order valence-electron chi connectivity index (χ1n) is 7.62. The summed E-state index contributed by atoms with van der Waals surface area (Å²) >= 11 is 1.57. The van der Waals surface area contributed by atoms with Crippen LogP contribution in [0.2, 0.25) is 0 Å². The first-order valence-corrected chi connectivity index (χ1v) is 8.50. The first-order chi connectivity index (χ1) is 11.5. The SMILES string of the molecule is Cc1ccc(NC2Cn3c(nc4c3c(=O)n(C)c(=O)n4C)S2)cc1. The third-order valence-corrected chi connectivity index (χ3v) is 5.36. The van der Waals surface area contributed by atoms with E-state index in [1.54, 1.807) is 18.8 Å². The Morgan fingerprint density at radius 1 is 1.17 bits per heavy atom. The highest BCUT2D eigenvalue weighted by molar-refractivity contribution is 8.00. The van der Waals surface area contributed by atoms with Gasteiger partial charge in [-0.3, -0.25) is 13.9 Å². The van der Waals surface area contributed by atoms with Crippen molar-refractivity contribution < 1.29 is 0 Å². The molecule has 0 spiro atoms. The highest BCUT2D eigenvalue weighted by atomic mass is 32.2. The van der Waals surface area contributed by atoms with Gasteiger partial charge < -0.3 is 9.88 Å². The number of aryl methyl sites for hydroxylation is 2. The van der Waals surface area contributed by atoms with E-state index >= 15 is 0 Å². The van der Waals surface area contributed by atoms with Crippen LogP contribution in [0.1, 0.15) is 5.56 Å². The maximum absolute atomic E-state index is 12.5. The number of benzene rings is 1. The Labute approximate surface area is 141 Å². The molecule has 8 heteroatoms. The lowest BCUT2D eigenvalue weighted by molar-refractivity contribution is 0.677. The molecule has 0 radical (unpaired) electrons. The Balaban J connectivity index is 1.72. The molecular weight excluding hydrogens is 326 g/mol. The van der Waals surface area contributed by atoms with Crippen LogP contribution in [0, 0.1) is 6.92 Å². The molecule has 3 heterocycles. The van der Waals surface area contributed by atoms with Gasteiger partial charge in [-0.2, -0.15) is 0 Å². The molecule has 1 aliphatic rings. The topological polar surface area (TPSA) is 73.8 Å². The van der Waals surface area contributed by atoms with Gasteiger partial charge in [-0.1, -0.05) is 29.5 Å². The van der Waals surface area contributed by atoms with Gasteiger partial charge in [0.15, 0.2) is 16.3 Å². The predicted octanol–water partition coefficient (Wildman–Crippen LogP) is 1.29. The highest BCUT2D eigenvalue weighted by Gasteiger charge is 2.28. The number of imidazole rings is 1. The van der Waals surface area contributed by atoms with Crippen molar-refractivity contribution in [3.8, 4) is 0 Å². The Morgan fingerprint density at radius 3 is 2.58 bits per heavy atom. The van der Waals surface area contributed by atoms with Crippen LogP contribution >= 0.6 is 11.8 Å². The summed E-state index contributed by atoms with van der Waals surface area (Å²) in [6.07, 6.45) is 0. The third kappa shape index (κ3) is 2.17. The van der Waals surface area contributed by atoms with Crippen LogP contribution in [0.15, 0.2) is 39.0 Å². The lowest BCUT2D eigenvalue weighted by atomic mass is 10.2. The van der Waals surface area contributed by atoms with Crippen molar-refractivity contribution in [3.05, 3.63) is 50.7 Å². The molecule has 2 aromatic heterocycles. The largest absolute Gasteiger partial charge is 0.371 e. The molecule has 0 amide bonds. The average molecular weight is 343 g/mol. The van der Waals surface area contributed by atoms with Crippen molar-refractivity contribution in [3.63, 3.8) is 0 Å². The van der Waals surface area contributed by atoms with Crippen molar-refractivity contribution >= 4 is 28.6 Å². The molecule has 7 nitrogen and oxygen atoms in total. The molecule has 3 aromatic rings. The number of aromatic nitrogens is 4. The van der Waals surface area contributed by atoms with Crippen molar-refractivity contribution in [2.24, 2.45) is 14.1 Å². The fourth-order valence-corrected chi connectivity index (χ4v) is 4.03. The zero-order valence-corrected chi connectivity index (χ0v) is 14.4. The van der Waals surface area contributed by atoms with Crippen molar-refractivity contribution in [2.45, 2.75) is 24.0 Å². The smallest absolute Gasteiger partial charge is 0.332 e. The molecule has 1 atom stereocenters. The van der Waals surface area contributed by atoms with Crippen molar-refractivity contribution in [2.75, 3.05) is 5.32 Å². The second kappa shape index (κ2) is 5.27. The van der Waals surface area contributed by atoms with Gasteiger partial charge in [0.2, 0.25) is 0 Å². The van der Waals surface area contributed by atoms with E-state index in [1.165, 1.54) is 17.2 Å². The molecule has 124 valence electrons. The van der Waals surface area contributed by atoms with E-state index in [4.69, 9.17) is 0 Å². The van der Waals surface area contributed by atoms with E-state index in [0.717, 1.165) is 15.4 Å². The fraction of sp³-hybridized carbons (Fsp3) is 0.312. The molecule has 0 fully saturated rings. The van der Waals surface area contributed by atoms with Crippen LogP contribution in [0.3, 0.4) is 0 Å². The minimum absolute atomic E-state index is 0.0987. The minimum atomic E-state index is -0.358. The van der Waals surface area contributed by atoms with Gasteiger partial charge in [0, 0.05) is 19.8 Å². The summed E-state index contributed by atoms with van der Waals surface area (Å²) < 4.78 is 4.45. The Kier molecular flexibility index (Phi) is 3.31. The molecule has 1 aromatic carbocycles. The Hall–Kier alpha value is -2.48. The summed E-state index contributed by atoms with van der Waals surface area (Å²) in [5.74, 6) is 0. The quantitative estimate of drug-likeness (QED) is 0.759. The lowest BCUT2D eigenvalue weighted by Crippen LogP contribution is -2.37. The Morgan fingerprint density at radius 2 is 1.88 bits per heavy atom. The summed E-state index contributed by atoms with van der Waals surface area (Å²) in [5.41, 5.74) is 2.51. The molecule has 1 N–H and O–H groups in total. The number of nitrogens with zero attached hydrogens (tertiary/aromatic N) is 4. The van der Waals surface area contributed by atoms with Gasteiger partial charge >= 0.3 is 5.69 Å². The first kappa shape index (κ1) is 15.1. The van der Waals surface area contributed by atoms with Gasteiger partial charge in [0.05, 0.1) is 11.9 Å². The number of rotatable bonds is 2. The van der Waals surface area contributed by atoms with Crippen LogP contribution in [0.4, 0.5) is 5.69 Å². The molecule has 24 heavy (non-hydrogen) atoms.